The Hall–Kier alpha value is -1.78. The van der Waals surface area contributed by atoms with E-state index >= 15 is 0 Å². The van der Waals surface area contributed by atoms with Crippen molar-refractivity contribution in [1.82, 2.24) is 10.3 Å². The van der Waals surface area contributed by atoms with Crippen LogP contribution in [0.25, 0.3) is 10.9 Å². The third-order valence-corrected chi connectivity index (χ3v) is 4.17. The molecule has 4 heteroatoms. The molecule has 102 valence electrons. The monoisotopic (exact) mass is 286 g/mol. The van der Waals surface area contributed by atoms with E-state index in [1.54, 1.807) is 17.8 Å². The molecular formula is C16H15FN2S. The van der Waals surface area contributed by atoms with Crippen LogP contribution in [0.15, 0.2) is 58.5 Å². The first kappa shape index (κ1) is 13.2. The molecule has 0 saturated carbocycles. The van der Waals surface area contributed by atoms with Gasteiger partial charge in [0.25, 0.3) is 0 Å². The van der Waals surface area contributed by atoms with Gasteiger partial charge in [0.05, 0.1) is 5.03 Å². The average Bonchev–Trinajstić information content (AvgIpc) is 2.84. The summed E-state index contributed by atoms with van der Waals surface area (Å²) in [4.78, 5) is 4.44. The maximum Gasteiger partial charge on any atom is 0.123 e. The summed E-state index contributed by atoms with van der Waals surface area (Å²) in [5.74, 6) is -0.198. The van der Waals surface area contributed by atoms with E-state index in [2.05, 4.69) is 28.5 Å². The second-order valence-electron chi connectivity index (χ2n) is 4.61. The van der Waals surface area contributed by atoms with Crippen molar-refractivity contribution >= 4 is 22.7 Å². The van der Waals surface area contributed by atoms with Crippen LogP contribution in [0, 0.1) is 5.82 Å². The topological polar surface area (TPSA) is 27.8 Å². The smallest absolute Gasteiger partial charge is 0.123 e. The number of benzene rings is 2. The predicted molar refractivity (Wildman–Crippen MR) is 81.6 cm³/mol. The highest BCUT2D eigenvalue weighted by atomic mass is 32.2. The molecule has 2 N–H and O–H groups in total. The largest absolute Gasteiger partial charge is 0.349 e. The van der Waals surface area contributed by atoms with E-state index < -0.39 is 0 Å². The molecule has 0 aliphatic carbocycles. The van der Waals surface area contributed by atoms with Gasteiger partial charge in [-0.25, -0.2) is 4.39 Å². The van der Waals surface area contributed by atoms with Gasteiger partial charge < -0.3 is 10.3 Å². The van der Waals surface area contributed by atoms with Crippen molar-refractivity contribution in [2.45, 2.75) is 16.5 Å². The Morgan fingerprint density at radius 1 is 1.15 bits per heavy atom. The highest BCUT2D eigenvalue weighted by Crippen LogP contribution is 2.32. The molecule has 0 aliphatic rings. The highest BCUT2D eigenvalue weighted by molar-refractivity contribution is 7.99. The summed E-state index contributed by atoms with van der Waals surface area (Å²) >= 11 is 1.63. The SMILES string of the molecule is CNCc1cc(F)ccc1Sc1cc2ccccc2[nH]1. The summed E-state index contributed by atoms with van der Waals surface area (Å²) in [6.07, 6.45) is 0. The van der Waals surface area contributed by atoms with Gasteiger partial charge in [-0.05, 0) is 42.9 Å². The highest BCUT2D eigenvalue weighted by Gasteiger charge is 2.07. The molecule has 20 heavy (non-hydrogen) atoms. The minimum absolute atomic E-state index is 0.198. The van der Waals surface area contributed by atoms with Gasteiger partial charge in [0.2, 0.25) is 0 Å². The van der Waals surface area contributed by atoms with Gasteiger partial charge >= 0.3 is 0 Å². The molecule has 0 radical (unpaired) electrons. The molecule has 0 fully saturated rings. The van der Waals surface area contributed by atoms with Gasteiger partial charge in [-0.15, -0.1) is 0 Å². The zero-order chi connectivity index (χ0) is 13.9. The van der Waals surface area contributed by atoms with Crippen molar-refractivity contribution in [1.29, 1.82) is 0 Å². The molecule has 0 aliphatic heterocycles. The van der Waals surface area contributed by atoms with Crippen molar-refractivity contribution < 1.29 is 4.39 Å². The number of para-hydroxylation sites is 1. The second kappa shape index (κ2) is 5.69. The number of aromatic amines is 1. The van der Waals surface area contributed by atoms with Crippen molar-refractivity contribution in [3.8, 4) is 0 Å². The van der Waals surface area contributed by atoms with Crippen LogP contribution >= 0.6 is 11.8 Å². The van der Waals surface area contributed by atoms with Crippen molar-refractivity contribution in [3.05, 3.63) is 59.9 Å². The number of hydrogen-bond donors (Lipinski definition) is 2. The lowest BCUT2D eigenvalue weighted by Crippen LogP contribution is -2.06. The van der Waals surface area contributed by atoms with E-state index in [4.69, 9.17) is 0 Å². The van der Waals surface area contributed by atoms with E-state index in [9.17, 15) is 4.39 Å². The molecule has 0 spiro atoms. The summed E-state index contributed by atoms with van der Waals surface area (Å²) in [6, 6.07) is 15.2. The van der Waals surface area contributed by atoms with E-state index in [-0.39, 0.29) is 5.82 Å². The van der Waals surface area contributed by atoms with Crippen molar-refractivity contribution in [3.63, 3.8) is 0 Å². The Kier molecular flexibility index (Phi) is 3.76. The van der Waals surface area contributed by atoms with Gasteiger partial charge in [-0.2, -0.15) is 0 Å². The van der Waals surface area contributed by atoms with Crippen LogP contribution in [-0.2, 0) is 6.54 Å². The second-order valence-corrected chi connectivity index (χ2v) is 5.69. The van der Waals surface area contributed by atoms with E-state index in [0.717, 1.165) is 21.0 Å². The Bertz CT molecular complexity index is 703. The van der Waals surface area contributed by atoms with Crippen LogP contribution in [0.5, 0.6) is 0 Å². The molecule has 0 bridgehead atoms. The zero-order valence-electron chi connectivity index (χ0n) is 11.1. The Morgan fingerprint density at radius 3 is 2.80 bits per heavy atom. The average molecular weight is 286 g/mol. The molecule has 3 aromatic rings. The minimum atomic E-state index is -0.198. The molecule has 1 aromatic heterocycles. The molecule has 0 saturated heterocycles. The lowest BCUT2D eigenvalue weighted by molar-refractivity contribution is 0.621. The number of aromatic nitrogens is 1. The fourth-order valence-electron chi connectivity index (χ4n) is 2.20. The number of halogens is 1. The van der Waals surface area contributed by atoms with Crippen LogP contribution in [0.3, 0.4) is 0 Å². The quantitative estimate of drug-likeness (QED) is 0.753. The van der Waals surface area contributed by atoms with Gasteiger partial charge in [0.15, 0.2) is 0 Å². The number of rotatable bonds is 4. The molecule has 0 amide bonds. The summed E-state index contributed by atoms with van der Waals surface area (Å²) in [5.41, 5.74) is 2.09. The maximum absolute atomic E-state index is 13.3. The fourth-order valence-corrected chi connectivity index (χ4v) is 3.18. The number of hydrogen-bond acceptors (Lipinski definition) is 2. The first-order valence-corrected chi connectivity index (χ1v) is 7.26. The van der Waals surface area contributed by atoms with Crippen LogP contribution in [0.4, 0.5) is 4.39 Å². The predicted octanol–water partition coefficient (Wildman–Crippen LogP) is 4.18. The molecule has 2 aromatic carbocycles. The van der Waals surface area contributed by atoms with Gasteiger partial charge in [0, 0.05) is 22.3 Å². The number of nitrogens with one attached hydrogen (secondary N) is 2. The molecule has 0 unspecified atom stereocenters. The van der Waals surface area contributed by atoms with Crippen LogP contribution in [-0.4, -0.2) is 12.0 Å². The molecule has 0 atom stereocenters. The molecular weight excluding hydrogens is 271 g/mol. The summed E-state index contributed by atoms with van der Waals surface area (Å²) in [7, 11) is 1.86. The van der Waals surface area contributed by atoms with Gasteiger partial charge in [-0.1, -0.05) is 30.0 Å². The first-order chi connectivity index (χ1) is 9.76. The Labute approximate surface area is 121 Å². The van der Waals surface area contributed by atoms with Crippen LogP contribution in [0.2, 0.25) is 0 Å². The van der Waals surface area contributed by atoms with Crippen molar-refractivity contribution in [2.75, 3.05) is 7.05 Å². The number of fused-ring (bicyclic) bond motifs is 1. The van der Waals surface area contributed by atoms with Gasteiger partial charge in [-0.3, -0.25) is 0 Å². The molecule has 3 rings (SSSR count). The first-order valence-electron chi connectivity index (χ1n) is 6.45. The van der Waals surface area contributed by atoms with Crippen LogP contribution < -0.4 is 5.32 Å². The van der Waals surface area contributed by atoms with E-state index in [1.165, 1.54) is 11.5 Å². The van der Waals surface area contributed by atoms with E-state index in [1.807, 2.05) is 25.2 Å². The summed E-state index contributed by atoms with van der Waals surface area (Å²) in [6.45, 7) is 0.653. The zero-order valence-corrected chi connectivity index (χ0v) is 11.9. The fraction of sp³-hybridized carbons (Fsp3) is 0.125. The molecule has 1 heterocycles. The summed E-state index contributed by atoms with van der Waals surface area (Å²) in [5, 5.41) is 5.33. The number of H-pyrrole nitrogens is 1. The normalized spacial score (nSPS) is 11.1. The van der Waals surface area contributed by atoms with E-state index in [0.29, 0.717) is 6.54 Å². The molecule has 2 nitrogen and oxygen atoms in total. The third kappa shape index (κ3) is 2.71. The van der Waals surface area contributed by atoms with Crippen molar-refractivity contribution in [2.24, 2.45) is 0 Å². The Balaban J connectivity index is 1.93. The lowest BCUT2D eigenvalue weighted by atomic mass is 10.2. The lowest BCUT2D eigenvalue weighted by Gasteiger charge is -2.07. The standard InChI is InChI=1S/C16H15FN2S/c1-18-10-12-8-13(17)6-7-15(12)20-16-9-11-4-2-3-5-14(11)19-16/h2-9,18-19H,10H2,1H3. The third-order valence-electron chi connectivity index (χ3n) is 3.11. The van der Waals surface area contributed by atoms with Gasteiger partial charge in [0.1, 0.15) is 5.82 Å². The van der Waals surface area contributed by atoms with Crippen LogP contribution in [0.1, 0.15) is 5.56 Å². The maximum atomic E-state index is 13.3. The summed E-state index contributed by atoms with van der Waals surface area (Å²) < 4.78 is 13.3. The Morgan fingerprint density at radius 2 is 2.00 bits per heavy atom. The minimum Gasteiger partial charge on any atom is -0.349 e.